The van der Waals surface area contributed by atoms with Gasteiger partial charge in [-0.1, -0.05) is 0 Å². The molecule has 0 heterocycles. The fourth-order valence-corrected chi connectivity index (χ4v) is 0.484. The van der Waals surface area contributed by atoms with Crippen molar-refractivity contribution < 1.29 is 9.84 Å². The molecule has 0 amide bonds. The summed E-state index contributed by atoms with van der Waals surface area (Å²) in [5, 5.41) is 8.53. The molecule has 0 aromatic rings. The highest BCUT2D eigenvalue weighted by Gasteiger charge is 1.92. The second kappa shape index (κ2) is 5.56. The average Bonchev–Trinajstić information content (AvgIpc) is 1.88. The summed E-state index contributed by atoms with van der Waals surface area (Å²) < 4.78 is 4.93. The Balaban J connectivity index is 3.53. The quantitative estimate of drug-likeness (QED) is 0.446. The van der Waals surface area contributed by atoms with Crippen molar-refractivity contribution in [1.82, 2.24) is 0 Å². The Labute approximate surface area is 55.4 Å². The van der Waals surface area contributed by atoms with Gasteiger partial charge in [0.05, 0.1) is 6.61 Å². The van der Waals surface area contributed by atoms with E-state index in [-0.39, 0.29) is 6.61 Å². The second-order valence-corrected chi connectivity index (χ2v) is 1.46. The molecule has 0 saturated heterocycles. The minimum absolute atomic E-state index is 0.0956. The second-order valence-electron chi connectivity index (χ2n) is 1.46. The first-order valence-corrected chi connectivity index (χ1v) is 3.12. The Morgan fingerprint density at radius 1 is 1.56 bits per heavy atom. The Bertz CT molecular complexity index is 91.1. The molecule has 0 aromatic carbocycles. The highest BCUT2D eigenvalue weighted by Crippen LogP contribution is 1.80. The highest BCUT2D eigenvalue weighted by molar-refractivity contribution is 5.76. The van der Waals surface area contributed by atoms with Crippen LogP contribution in [0.1, 0.15) is 13.8 Å². The Kier molecular flexibility index (Phi) is 5.21. The molecule has 9 heavy (non-hydrogen) atoms. The van der Waals surface area contributed by atoms with Crippen molar-refractivity contribution in [2.24, 2.45) is 4.99 Å². The lowest BCUT2D eigenvalue weighted by Crippen LogP contribution is -2.09. The number of ether oxygens (including phenoxy) is 1. The molecule has 0 aliphatic rings. The lowest BCUT2D eigenvalue weighted by Gasteiger charge is -2.01. The number of hydrogen-bond acceptors (Lipinski definition) is 3. The smallest absolute Gasteiger partial charge is 0.209 e. The summed E-state index contributed by atoms with van der Waals surface area (Å²) in [6, 6.07) is 0. The summed E-state index contributed by atoms with van der Waals surface area (Å²) in [6.45, 7) is 4.90. The van der Waals surface area contributed by atoms with Gasteiger partial charge in [0, 0.05) is 6.54 Å². The molecule has 0 aliphatic heterocycles. The molecule has 0 radical (unpaired) electrons. The van der Waals surface area contributed by atoms with Crippen LogP contribution >= 0.6 is 0 Å². The zero-order valence-electron chi connectivity index (χ0n) is 5.92. The third-order valence-electron chi connectivity index (χ3n) is 0.781. The van der Waals surface area contributed by atoms with Gasteiger partial charge in [0.2, 0.25) is 5.90 Å². The van der Waals surface area contributed by atoms with Crippen molar-refractivity contribution >= 4 is 5.90 Å². The Hall–Kier alpha value is -0.570. The molecular weight excluding hydrogens is 118 g/mol. The zero-order chi connectivity index (χ0) is 7.11. The Morgan fingerprint density at radius 2 is 2.22 bits per heavy atom. The van der Waals surface area contributed by atoms with Crippen molar-refractivity contribution in [1.29, 1.82) is 0 Å². The standard InChI is InChI=1S/C6H13NO2/c1-3-7-6(5-8)9-4-2/h8H,3-5H2,1-2H3/b7-6+. The van der Waals surface area contributed by atoms with Gasteiger partial charge in [-0.05, 0) is 13.8 Å². The van der Waals surface area contributed by atoms with Crippen molar-refractivity contribution in [2.75, 3.05) is 19.8 Å². The molecule has 0 spiro atoms. The van der Waals surface area contributed by atoms with Gasteiger partial charge in [0.25, 0.3) is 0 Å². The van der Waals surface area contributed by atoms with Crippen molar-refractivity contribution in [2.45, 2.75) is 13.8 Å². The van der Waals surface area contributed by atoms with Gasteiger partial charge < -0.3 is 9.84 Å². The molecule has 0 fully saturated rings. The van der Waals surface area contributed by atoms with E-state index in [0.717, 1.165) is 0 Å². The molecule has 3 nitrogen and oxygen atoms in total. The molecule has 0 rings (SSSR count). The number of aliphatic hydroxyl groups is 1. The highest BCUT2D eigenvalue weighted by atomic mass is 16.5. The van der Waals surface area contributed by atoms with Gasteiger partial charge in [-0.15, -0.1) is 0 Å². The molecule has 0 aliphatic carbocycles. The number of aliphatic hydroxyl groups excluding tert-OH is 1. The van der Waals surface area contributed by atoms with E-state index < -0.39 is 0 Å². The van der Waals surface area contributed by atoms with Gasteiger partial charge in [-0.3, -0.25) is 4.99 Å². The fraction of sp³-hybridized carbons (Fsp3) is 0.833. The summed E-state index contributed by atoms with van der Waals surface area (Å²) in [7, 11) is 0. The molecule has 54 valence electrons. The van der Waals surface area contributed by atoms with Crippen molar-refractivity contribution in [3.05, 3.63) is 0 Å². The summed E-state index contributed by atoms with van der Waals surface area (Å²) in [5.41, 5.74) is 0. The van der Waals surface area contributed by atoms with E-state index in [4.69, 9.17) is 9.84 Å². The maximum absolute atomic E-state index is 8.53. The van der Waals surface area contributed by atoms with Crippen molar-refractivity contribution in [3.63, 3.8) is 0 Å². The first-order valence-electron chi connectivity index (χ1n) is 3.12. The monoisotopic (exact) mass is 131 g/mol. The third kappa shape index (κ3) is 3.97. The van der Waals surface area contributed by atoms with Gasteiger partial charge in [-0.2, -0.15) is 0 Å². The predicted octanol–water partition coefficient (Wildman–Crippen LogP) is 0.434. The first-order chi connectivity index (χ1) is 4.35. The molecule has 1 N–H and O–H groups in total. The molecule has 0 aromatic heterocycles. The van der Waals surface area contributed by atoms with Gasteiger partial charge in [0.15, 0.2) is 0 Å². The summed E-state index contributed by atoms with van der Waals surface area (Å²) in [4.78, 5) is 3.88. The molecule has 0 bridgehead atoms. The molecule has 3 heteroatoms. The minimum atomic E-state index is -0.0956. The average molecular weight is 131 g/mol. The maximum atomic E-state index is 8.53. The predicted molar refractivity (Wildman–Crippen MR) is 36.7 cm³/mol. The number of rotatable bonds is 3. The molecular formula is C6H13NO2. The van der Waals surface area contributed by atoms with Crippen molar-refractivity contribution in [3.8, 4) is 0 Å². The third-order valence-corrected chi connectivity index (χ3v) is 0.781. The van der Waals surface area contributed by atoms with Crippen LogP contribution in [0.4, 0.5) is 0 Å². The topological polar surface area (TPSA) is 41.8 Å². The summed E-state index contributed by atoms with van der Waals surface area (Å²) in [5.74, 6) is 0.431. The van der Waals surface area contributed by atoms with Crippen LogP contribution in [0.3, 0.4) is 0 Å². The van der Waals surface area contributed by atoms with Crippen LogP contribution in [-0.2, 0) is 4.74 Å². The largest absolute Gasteiger partial charge is 0.480 e. The summed E-state index contributed by atoms with van der Waals surface area (Å²) >= 11 is 0. The van der Waals surface area contributed by atoms with E-state index in [0.29, 0.717) is 19.0 Å². The van der Waals surface area contributed by atoms with E-state index >= 15 is 0 Å². The molecule has 0 saturated carbocycles. The zero-order valence-corrected chi connectivity index (χ0v) is 5.92. The lowest BCUT2D eigenvalue weighted by atomic mass is 10.6. The van der Waals surface area contributed by atoms with Crippen LogP contribution < -0.4 is 0 Å². The lowest BCUT2D eigenvalue weighted by molar-refractivity contribution is 0.264. The number of hydrogen-bond donors (Lipinski definition) is 1. The number of nitrogens with zero attached hydrogens (tertiary/aromatic N) is 1. The molecule has 0 atom stereocenters. The van der Waals surface area contributed by atoms with Crippen LogP contribution in [-0.4, -0.2) is 30.8 Å². The first kappa shape index (κ1) is 8.43. The van der Waals surface area contributed by atoms with Crippen LogP contribution in [0.15, 0.2) is 4.99 Å². The van der Waals surface area contributed by atoms with Crippen LogP contribution in [0.2, 0.25) is 0 Å². The maximum Gasteiger partial charge on any atom is 0.209 e. The van der Waals surface area contributed by atoms with Crippen LogP contribution in [0.25, 0.3) is 0 Å². The normalized spacial score (nSPS) is 11.7. The van der Waals surface area contributed by atoms with Gasteiger partial charge in [0.1, 0.15) is 6.61 Å². The van der Waals surface area contributed by atoms with E-state index in [1.807, 2.05) is 13.8 Å². The summed E-state index contributed by atoms with van der Waals surface area (Å²) in [6.07, 6.45) is 0. The van der Waals surface area contributed by atoms with Crippen LogP contribution in [0, 0.1) is 0 Å². The van der Waals surface area contributed by atoms with E-state index in [9.17, 15) is 0 Å². The van der Waals surface area contributed by atoms with E-state index in [1.165, 1.54) is 0 Å². The van der Waals surface area contributed by atoms with Gasteiger partial charge >= 0.3 is 0 Å². The minimum Gasteiger partial charge on any atom is -0.480 e. The SMILES string of the molecule is CC/N=C(\CO)OCC. The van der Waals surface area contributed by atoms with E-state index in [1.54, 1.807) is 0 Å². The number of aliphatic imine (C=N–C) groups is 1. The van der Waals surface area contributed by atoms with Crippen LogP contribution in [0.5, 0.6) is 0 Å². The molecule has 0 unspecified atom stereocenters. The van der Waals surface area contributed by atoms with Gasteiger partial charge in [-0.25, -0.2) is 0 Å². The van der Waals surface area contributed by atoms with E-state index in [2.05, 4.69) is 4.99 Å². The fourth-order valence-electron chi connectivity index (χ4n) is 0.484. The Morgan fingerprint density at radius 3 is 2.56 bits per heavy atom.